The third kappa shape index (κ3) is 4.99. The highest BCUT2D eigenvalue weighted by molar-refractivity contribution is 6.31. The molecule has 1 heterocycles. The van der Waals surface area contributed by atoms with Gasteiger partial charge in [-0.1, -0.05) is 11.6 Å². The van der Waals surface area contributed by atoms with Gasteiger partial charge in [-0.25, -0.2) is 0 Å². The normalized spacial score (nSPS) is 16.2. The van der Waals surface area contributed by atoms with Gasteiger partial charge in [0.25, 0.3) is 0 Å². The zero-order valence-corrected chi connectivity index (χ0v) is 13.4. The number of carbonyl (C=O) groups excluding carboxylic acids is 1. The lowest BCUT2D eigenvalue weighted by Crippen LogP contribution is -2.37. The molecule has 0 saturated carbocycles. The molecule has 1 aromatic carbocycles. The fourth-order valence-corrected chi connectivity index (χ4v) is 2.47. The molecule has 0 amide bonds. The molecule has 1 aromatic rings. The first-order chi connectivity index (χ1) is 10.1. The molecular weight excluding hydrogens is 290 g/mol. The maximum Gasteiger partial charge on any atom is 0.167 e. The van der Waals surface area contributed by atoms with Crippen molar-refractivity contribution in [1.82, 2.24) is 4.90 Å². The van der Waals surface area contributed by atoms with Crippen molar-refractivity contribution in [3.05, 3.63) is 28.8 Å². The molecule has 1 saturated heterocycles. The highest BCUT2D eigenvalue weighted by Gasteiger charge is 2.17. The van der Waals surface area contributed by atoms with E-state index in [4.69, 9.17) is 21.1 Å². The van der Waals surface area contributed by atoms with Crippen LogP contribution >= 0.6 is 11.6 Å². The van der Waals surface area contributed by atoms with Gasteiger partial charge >= 0.3 is 0 Å². The topological polar surface area (TPSA) is 38.8 Å². The van der Waals surface area contributed by atoms with Gasteiger partial charge in [0.05, 0.1) is 24.9 Å². The van der Waals surface area contributed by atoms with Gasteiger partial charge in [0.15, 0.2) is 5.78 Å². The fraction of sp³-hybridized carbons (Fsp3) is 0.562. The smallest absolute Gasteiger partial charge is 0.167 e. The predicted molar refractivity (Wildman–Crippen MR) is 83.4 cm³/mol. The monoisotopic (exact) mass is 311 g/mol. The van der Waals surface area contributed by atoms with Crippen LogP contribution in [0.4, 0.5) is 0 Å². The molecule has 5 heteroatoms. The summed E-state index contributed by atoms with van der Waals surface area (Å²) in [7, 11) is 0. The average Bonchev–Trinajstić information content (AvgIpc) is 2.47. The van der Waals surface area contributed by atoms with E-state index in [1.165, 1.54) is 0 Å². The van der Waals surface area contributed by atoms with E-state index in [0.717, 1.165) is 32.8 Å². The Balaban J connectivity index is 2.01. The third-order valence-electron chi connectivity index (χ3n) is 3.36. The van der Waals surface area contributed by atoms with Crippen LogP contribution in [0.15, 0.2) is 18.2 Å². The molecule has 116 valence electrons. The van der Waals surface area contributed by atoms with Crippen LogP contribution in [0.3, 0.4) is 0 Å². The molecule has 0 spiro atoms. The molecule has 0 radical (unpaired) electrons. The second-order valence-corrected chi connectivity index (χ2v) is 5.87. The Morgan fingerprint density at radius 1 is 1.38 bits per heavy atom. The summed E-state index contributed by atoms with van der Waals surface area (Å²) in [6, 6.07) is 5.21. The van der Waals surface area contributed by atoms with Crippen LogP contribution in [0.1, 0.15) is 30.6 Å². The van der Waals surface area contributed by atoms with E-state index in [9.17, 15) is 4.79 Å². The number of hydrogen-bond donors (Lipinski definition) is 0. The van der Waals surface area contributed by atoms with E-state index >= 15 is 0 Å². The van der Waals surface area contributed by atoms with Crippen molar-refractivity contribution in [2.45, 2.75) is 26.4 Å². The van der Waals surface area contributed by atoms with Crippen LogP contribution in [0.2, 0.25) is 5.02 Å². The summed E-state index contributed by atoms with van der Waals surface area (Å²) >= 11 is 6.01. The van der Waals surface area contributed by atoms with Crippen molar-refractivity contribution in [3.63, 3.8) is 0 Å². The molecule has 1 aliphatic heterocycles. The van der Waals surface area contributed by atoms with Gasteiger partial charge in [0.1, 0.15) is 5.75 Å². The molecule has 0 unspecified atom stereocenters. The van der Waals surface area contributed by atoms with E-state index in [0.29, 0.717) is 22.8 Å². The molecule has 0 N–H and O–H groups in total. The number of carbonyl (C=O) groups is 1. The van der Waals surface area contributed by atoms with Gasteiger partial charge in [0, 0.05) is 31.1 Å². The van der Waals surface area contributed by atoms with Crippen LogP contribution in [0.25, 0.3) is 0 Å². The number of rotatable bonds is 6. The lowest BCUT2D eigenvalue weighted by atomic mass is 10.1. The van der Waals surface area contributed by atoms with Gasteiger partial charge in [-0.2, -0.15) is 0 Å². The zero-order valence-electron chi connectivity index (χ0n) is 12.6. The first kappa shape index (κ1) is 16.3. The standard InChI is InChI=1S/C16H22ClNO3/c1-12(2)21-16-4-3-13(17)11-14(16)15(19)5-6-18-7-9-20-10-8-18/h3-4,11-12H,5-10H2,1-2H3. The number of halogens is 1. The molecular formula is C16H22ClNO3. The SMILES string of the molecule is CC(C)Oc1ccc(Cl)cc1C(=O)CCN1CCOCC1. The maximum absolute atomic E-state index is 12.4. The van der Waals surface area contributed by atoms with E-state index in [1.807, 2.05) is 13.8 Å². The molecule has 0 aromatic heterocycles. The summed E-state index contributed by atoms with van der Waals surface area (Å²) in [5, 5.41) is 0.556. The Morgan fingerprint density at radius 2 is 2.10 bits per heavy atom. The molecule has 1 fully saturated rings. The minimum atomic E-state index is 0.0250. The quantitative estimate of drug-likeness (QED) is 0.757. The first-order valence-electron chi connectivity index (χ1n) is 7.36. The predicted octanol–water partition coefficient (Wildman–Crippen LogP) is 3.03. The maximum atomic E-state index is 12.4. The molecule has 2 rings (SSSR count). The number of benzene rings is 1. The van der Waals surface area contributed by atoms with Gasteiger partial charge in [-0.15, -0.1) is 0 Å². The summed E-state index contributed by atoms with van der Waals surface area (Å²) in [5.74, 6) is 0.681. The van der Waals surface area contributed by atoms with Crippen molar-refractivity contribution >= 4 is 17.4 Å². The number of nitrogens with zero attached hydrogens (tertiary/aromatic N) is 1. The Bertz CT molecular complexity index is 484. The summed E-state index contributed by atoms with van der Waals surface area (Å²) in [6.45, 7) is 7.89. The highest BCUT2D eigenvalue weighted by Crippen LogP contribution is 2.25. The number of hydrogen-bond acceptors (Lipinski definition) is 4. The van der Waals surface area contributed by atoms with Gasteiger partial charge in [0.2, 0.25) is 0 Å². The molecule has 21 heavy (non-hydrogen) atoms. The largest absolute Gasteiger partial charge is 0.490 e. The number of Topliss-reactive ketones (excluding diaryl/α,β-unsaturated/α-hetero) is 1. The fourth-order valence-electron chi connectivity index (χ4n) is 2.30. The summed E-state index contributed by atoms with van der Waals surface area (Å²) in [5.41, 5.74) is 0.574. The van der Waals surface area contributed by atoms with Crippen molar-refractivity contribution in [2.24, 2.45) is 0 Å². The Hall–Kier alpha value is -1.10. The van der Waals surface area contributed by atoms with Gasteiger partial charge in [-0.05, 0) is 32.0 Å². The van der Waals surface area contributed by atoms with Crippen LogP contribution in [0.5, 0.6) is 5.75 Å². The van der Waals surface area contributed by atoms with E-state index in [1.54, 1.807) is 18.2 Å². The van der Waals surface area contributed by atoms with Crippen molar-refractivity contribution in [1.29, 1.82) is 0 Å². The van der Waals surface area contributed by atoms with Crippen molar-refractivity contribution < 1.29 is 14.3 Å². The number of ketones is 1. The highest BCUT2D eigenvalue weighted by atomic mass is 35.5. The second-order valence-electron chi connectivity index (χ2n) is 5.43. The number of morpholine rings is 1. The zero-order chi connectivity index (χ0) is 15.2. The van der Waals surface area contributed by atoms with Crippen LogP contribution in [0, 0.1) is 0 Å². The molecule has 0 aliphatic carbocycles. The Kier molecular flexibility index (Phi) is 6.03. The lowest BCUT2D eigenvalue weighted by Gasteiger charge is -2.26. The second kappa shape index (κ2) is 7.78. The lowest BCUT2D eigenvalue weighted by molar-refractivity contribution is 0.0369. The minimum Gasteiger partial charge on any atom is -0.490 e. The van der Waals surface area contributed by atoms with Crippen molar-refractivity contribution in [2.75, 3.05) is 32.8 Å². The molecule has 4 nitrogen and oxygen atoms in total. The molecule has 1 aliphatic rings. The minimum absolute atomic E-state index is 0.0250. The van der Waals surface area contributed by atoms with Crippen LogP contribution in [-0.2, 0) is 4.74 Å². The van der Waals surface area contributed by atoms with Crippen molar-refractivity contribution in [3.8, 4) is 5.75 Å². The third-order valence-corrected chi connectivity index (χ3v) is 3.60. The first-order valence-corrected chi connectivity index (χ1v) is 7.73. The van der Waals surface area contributed by atoms with E-state index in [-0.39, 0.29) is 11.9 Å². The summed E-state index contributed by atoms with van der Waals surface area (Å²) in [4.78, 5) is 14.7. The Labute approximate surface area is 131 Å². The summed E-state index contributed by atoms with van der Waals surface area (Å²) < 4.78 is 11.0. The number of ether oxygens (including phenoxy) is 2. The van der Waals surface area contributed by atoms with Gasteiger partial charge in [-0.3, -0.25) is 9.69 Å². The Morgan fingerprint density at radius 3 is 2.76 bits per heavy atom. The average molecular weight is 312 g/mol. The molecule has 0 bridgehead atoms. The van der Waals surface area contributed by atoms with Crippen LogP contribution < -0.4 is 4.74 Å². The van der Waals surface area contributed by atoms with E-state index in [2.05, 4.69) is 4.90 Å². The van der Waals surface area contributed by atoms with Crippen LogP contribution in [-0.4, -0.2) is 49.6 Å². The molecule has 0 atom stereocenters. The van der Waals surface area contributed by atoms with Gasteiger partial charge < -0.3 is 9.47 Å². The van der Waals surface area contributed by atoms with E-state index < -0.39 is 0 Å². The summed E-state index contributed by atoms with van der Waals surface area (Å²) in [6.07, 6.45) is 0.492.